The van der Waals surface area contributed by atoms with Crippen molar-refractivity contribution in [1.29, 1.82) is 0 Å². The fourth-order valence-corrected chi connectivity index (χ4v) is 4.43. The van der Waals surface area contributed by atoms with Crippen LogP contribution in [-0.4, -0.2) is 39.1 Å². The van der Waals surface area contributed by atoms with Gasteiger partial charge in [0.25, 0.3) is 5.91 Å². The summed E-state index contributed by atoms with van der Waals surface area (Å²) in [6.07, 6.45) is 6.80. The second kappa shape index (κ2) is 8.03. The van der Waals surface area contributed by atoms with E-state index in [4.69, 9.17) is 4.74 Å². The summed E-state index contributed by atoms with van der Waals surface area (Å²) >= 11 is 0. The van der Waals surface area contributed by atoms with Gasteiger partial charge in [0.05, 0.1) is 24.7 Å². The molecule has 2 aliphatic rings. The molecule has 150 valence electrons. The van der Waals surface area contributed by atoms with Crippen molar-refractivity contribution in [2.45, 2.75) is 64.7 Å². The van der Waals surface area contributed by atoms with Gasteiger partial charge in [0.2, 0.25) is 0 Å². The van der Waals surface area contributed by atoms with E-state index in [0.29, 0.717) is 19.0 Å². The van der Waals surface area contributed by atoms with Crippen molar-refractivity contribution in [3.8, 4) is 5.69 Å². The number of benzene rings is 1. The molecule has 1 saturated carbocycles. The van der Waals surface area contributed by atoms with Crippen LogP contribution in [-0.2, 0) is 22.5 Å². The van der Waals surface area contributed by atoms with Gasteiger partial charge in [-0.15, -0.1) is 0 Å². The summed E-state index contributed by atoms with van der Waals surface area (Å²) in [4.78, 5) is 19.3. The molecule has 0 unspecified atom stereocenters. The summed E-state index contributed by atoms with van der Waals surface area (Å²) in [6, 6.07) is 6.39. The Labute approximate surface area is 165 Å². The molecule has 5 nitrogen and oxygen atoms in total. The van der Waals surface area contributed by atoms with Crippen molar-refractivity contribution in [2.24, 2.45) is 5.92 Å². The van der Waals surface area contributed by atoms with Gasteiger partial charge in [-0.05, 0) is 49.9 Å². The topological polar surface area (TPSA) is 47.4 Å². The second-order valence-corrected chi connectivity index (χ2v) is 8.17. The molecule has 0 spiro atoms. The molecule has 1 aromatic heterocycles. The number of carbonyl (C=O) groups is 1. The number of rotatable bonds is 4. The lowest BCUT2D eigenvalue weighted by molar-refractivity contribution is -0.149. The molecule has 1 aliphatic heterocycles. The minimum Gasteiger partial charge on any atom is -0.365 e. The molecule has 1 aromatic carbocycles. The van der Waals surface area contributed by atoms with Crippen molar-refractivity contribution in [3.63, 3.8) is 0 Å². The molecule has 6 heteroatoms. The van der Waals surface area contributed by atoms with E-state index < -0.39 is 6.10 Å². The number of nitrogens with zero attached hydrogens (tertiary/aromatic N) is 3. The Hall–Kier alpha value is -2.21. The summed E-state index contributed by atoms with van der Waals surface area (Å²) in [5, 5.41) is 0. The molecule has 1 amide bonds. The quantitative estimate of drug-likeness (QED) is 0.802. The smallest absolute Gasteiger partial charge is 0.251 e. The molecule has 2 aromatic rings. The number of imidazole rings is 1. The summed E-state index contributed by atoms with van der Waals surface area (Å²) in [5.74, 6) is 0.463. The third-order valence-electron chi connectivity index (χ3n) is 5.96. The Balaban J connectivity index is 1.41. The van der Waals surface area contributed by atoms with Gasteiger partial charge in [-0.3, -0.25) is 4.79 Å². The summed E-state index contributed by atoms with van der Waals surface area (Å²) in [7, 11) is 0. The zero-order chi connectivity index (χ0) is 19.7. The van der Waals surface area contributed by atoms with Crippen molar-refractivity contribution < 1.29 is 13.9 Å². The predicted molar refractivity (Wildman–Crippen MR) is 105 cm³/mol. The maximum Gasteiger partial charge on any atom is 0.251 e. The van der Waals surface area contributed by atoms with E-state index in [2.05, 4.69) is 11.9 Å². The first kappa shape index (κ1) is 19.1. The van der Waals surface area contributed by atoms with E-state index in [1.165, 1.54) is 25.0 Å². The summed E-state index contributed by atoms with van der Waals surface area (Å²) < 4.78 is 21.3. The van der Waals surface area contributed by atoms with Gasteiger partial charge < -0.3 is 14.2 Å². The Morgan fingerprint density at radius 2 is 2.07 bits per heavy atom. The Morgan fingerprint density at radius 3 is 2.82 bits per heavy atom. The van der Waals surface area contributed by atoms with Crippen LogP contribution in [0.5, 0.6) is 0 Å². The third-order valence-corrected chi connectivity index (χ3v) is 5.96. The molecule has 0 saturated heterocycles. The Morgan fingerprint density at radius 1 is 1.29 bits per heavy atom. The van der Waals surface area contributed by atoms with Crippen LogP contribution < -0.4 is 0 Å². The van der Waals surface area contributed by atoms with Crippen molar-refractivity contribution in [1.82, 2.24) is 14.5 Å². The molecule has 0 bridgehead atoms. The zero-order valence-electron chi connectivity index (χ0n) is 16.6. The van der Waals surface area contributed by atoms with E-state index in [9.17, 15) is 9.18 Å². The monoisotopic (exact) mass is 385 g/mol. The lowest BCUT2D eigenvalue weighted by Crippen LogP contribution is -2.43. The van der Waals surface area contributed by atoms with Crippen LogP contribution in [0.3, 0.4) is 0 Å². The molecular formula is C22H28FN3O2. The third kappa shape index (κ3) is 3.97. The minimum absolute atomic E-state index is 0.0419. The number of amides is 1. The second-order valence-electron chi connectivity index (χ2n) is 8.17. The van der Waals surface area contributed by atoms with Crippen LogP contribution in [0.25, 0.3) is 5.69 Å². The molecule has 1 aliphatic carbocycles. The van der Waals surface area contributed by atoms with E-state index in [1.807, 2.05) is 16.4 Å². The first-order valence-electron chi connectivity index (χ1n) is 10.3. The molecule has 3 atom stereocenters. The number of halogens is 1. The highest BCUT2D eigenvalue weighted by atomic mass is 19.1. The number of hydrogen-bond acceptors (Lipinski definition) is 3. The highest BCUT2D eigenvalue weighted by Crippen LogP contribution is 2.27. The first-order valence-corrected chi connectivity index (χ1v) is 10.3. The zero-order valence-corrected chi connectivity index (χ0v) is 16.6. The van der Waals surface area contributed by atoms with Crippen molar-refractivity contribution >= 4 is 5.91 Å². The summed E-state index contributed by atoms with van der Waals surface area (Å²) in [6.45, 7) is 5.27. The maximum absolute atomic E-state index is 13.2. The Bertz CT molecular complexity index is 833. The van der Waals surface area contributed by atoms with Gasteiger partial charge in [-0.1, -0.05) is 19.8 Å². The summed E-state index contributed by atoms with van der Waals surface area (Å²) in [5.41, 5.74) is 2.88. The minimum atomic E-state index is -0.420. The molecule has 0 N–H and O–H groups in total. The van der Waals surface area contributed by atoms with Gasteiger partial charge in [-0.2, -0.15) is 0 Å². The Kier molecular flexibility index (Phi) is 5.49. The molecule has 4 rings (SSSR count). The maximum atomic E-state index is 13.2. The van der Waals surface area contributed by atoms with Crippen LogP contribution in [0.15, 0.2) is 30.6 Å². The fourth-order valence-electron chi connectivity index (χ4n) is 4.43. The largest absolute Gasteiger partial charge is 0.365 e. The predicted octanol–water partition coefficient (Wildman–Crippen LogP) is 3.88. The highest BCUT2D eigenvalue weighted by Gasteiger charge is 2.30. The molecule has 2 heterocycles. The molecule has 28 heavy (non-hydrogen) atoms. The number of aromatic nitrogens is 2. The number of carbonyl (C=O) groups excluding carboxylic acids is 1. The SMILES string of the molecule is C[C@@H]1CCC[C@H](O[C@H](C)C(=O)N2CCc3c(ncn3-c3ccc(F)cc3)C2)C1. The number of ether oxygens (including phenoxy) is 1. The van der Waals surface area contributed by atoms with Gasteiger partial charge in [-0.25, -0.2) is 9.37 Å². The average molecular weight is 385 g/mol. The van der Waals surface area contributed by atoms with Crippen molar-refractivity contribution in [2.75, 3.05) is 6.54 Å². The highest BCUT2D eigenvalue weighted by molar-refractivity contribution is 5.80. The van der Waals surface area contributed by atoms with Crippen LogP contribution in [0, 0.1) is 11.7 Å². The average Bonchev–Trinajstić information content (AvgIpc) is 3.11. The van der Waals surface area contributed by atoms with E-state index in [1.54, 1.807) is 18.5 Å². The van der Waals surface area contributed by atoms with Crippen LogP contribution in [0.1, 0.15) is 50.9 Å². The molecule has 1 fully saturated rings. The number of hydrogen-bond donors (Lipinski definition) is 0. The van der Waals surface area contributed by atoms with Gasteiger partial charge >= 0.3 is 0 Å². The normalized spacial score (nSPS) is 23.3. The first-order chi connectivity index (χ1) is 13.5. The molecular weight excluding hydrogens is 357 g/mol. The lowest BCUT2D eigenvalue weighted by atomic mass is 9.88. The fraction of sp³-hybridized carbons (Fsp3) is 0.545. The standard InChI is InChI=1S/C22H28FN3O2/c1-15-4-3-5-19(12-15)28-16(2)22(27)25-11-10-21-20(13-25)24-14-26(21)18-8-6-17(23)7-9-18/h6-9,14-16,19H,3-5,10-13H2,1-2H3/t15-,16-,19+/m1/s1. The molecule has 0 radical (unpaired) electrons. The van der Waals surface area contributed by atoms with Crippen LogP contribution in [0.4, 0.5) is 4.39 Å². The van der Waals surface area contributed by atoms with Gasteiger partial charge in [0.1, 0.15) is 11.9 Å². The van der Waals surface area contributed by atoms with Crippen LogP contribution in [0.2, 0.25) is 0 Å². The van der Waals surface area contributed by atoms with Gasteiger partial charge in [0, 0.05) is 24.3 Å². The van der Waals surface area contributed by atoms with E-state index in [-0.39, 0.29) is 17.8 Å². The van der Waals surface area contributed by atoms with E-state index in [0.717, 1.165) is 36.3 Å². The van der Waals surface area contributed by atoms with Crippen LogP contribution >= 0.6 is 0 Å². The lowest BCUT2D eigenvalue weighted by Gasteiger charge is -2.33. The van der Waals surface area contributed by atoms with E-state index >= 15 is 0 Å². The number of fused-ring (bicyclic) bond motifs is 1. The van der Waals surface area contributed by atoms with Gasteiger partial charge in [0.15, 0.2) is 0 Å². The van der Waals surface area contributed by atoms with Crippen molar-refractivity contribution in [3.05, 3.63) is 47.8 Å².